The Bertz CT molecular complexity index is 4720. The van der Waals surface area contributed by atoms with Crippen LogP contribution in [-0.2, 0) is 67.5 Å². The molecule has 718 valence electrons. The Morgan fingerprint density at radius 3 is 0.954 bits per heavy atom. The number of aliphatic hydroxyl groups is 1. The molecule has 14 rings (SSSR count). The van der Waals surface area contributed by atoms with E-state index in [9.17, 15) is 41.1 Å². The van der Waals surface area contributed by atoms with Crippen molar-refractivity contribution in [1.82, 2.24) is 49.4 Å². The van der Waals surface area contributed by atoms with Gasteiger partial charge in [-0.2, -0.15) is 23.7 Å². The van der Waals surface area contributed by atoms with E-state index < -0.39 is 64.5 Å². The third-order valence-electron chi connectivity index (χ3n) is 19.8. The summed E-state index contributed by atoms with van der Waals surface area (Å²) in [5.74, 6) is 0. The number of halogens is 5. The van der Waals surface area contributed by atoms with Crippen molar-refractivity contribution in [3.63, 3.8) is 0 Å². The second kappa shape index (κ2) is 55.9. The SMILES string of the molecule is CC(C)(C)OC(=O)N1CCC(O)CC1.CC(C)(C)OC(=O)N1CCC(OS(C)(=O)=O)CC1.CC(C)(C)OC(=O)N1CCC(n2cc(B3OC(C)(C)C(C)(C)O3)cn2)CC1.CC(C)(C)OC(=O)N1CCC(n2cc(I)cn2)CC1.CS(=O)(=O)Cl.Ic1cn[nH]c1.[Cl][Pd][Cl].[H-].[Na+].c1ccc(P(c2ccccc2)c2ccccc2)cc1.c1ccc(P(c2ccccc2)c2ccccc2)cc1. The molecule has 0 bridgehead atoms. The molecule has 0 atom stereocenters. The minimum Gasteiger partial charge on any atom is -1.00 e. The molecular weight excluding hydrogens is 2140 g/mol. The largest absolute Gasteiger partial charge is 1.00 e. The van der Waals surface area contributed by atoms with Crippen LogP contribution in [0.25, 0.3) is 0 Å². The predicted octanol–water partition coefficient (Wildman–Crippen LogP) is 15.1. The molecule has 3 aromatic heterocycles. The summed E-state index contributed by atoms with van der Waals surface area (Å²) in [7, 11) is 6.22. The van der Waals surface area contributed by atoms with Crippen LogP contribution < -0.4 is 66.8 Å². The number of H-pyrrole nitrogens is 1. The van der Waals surface area contributed by atoms with Crippen LogP contribution in [0.4, 0.5) is 19.2 Å². The Labute approximate surface area is 851 Å². The molecule has 5 fully saturated rings. The second-order valence-corrected chi connectivity index (χ2v) is 49.8. The van der Waals surface area contributed by atoms with Gasteiger partial charge in [0.25, 0.3) is 10.1 Å². The number of nitrogens with zero attached hydrogens (tertiary/aromatic N) is 9. The molecule has 2 N–H and O–H groups in total. The topological polar surface area (TPSA) is 299 Å². The first-order valence-corrected chi connectivity index (χ1v) is 56.1. The van der Waals surface area contributed by atoms with Gasteiger partial charge in [-0.05, 0) is 255 Å². The smallest absolute Gasteiger partial charge is 1.00 e. The number of amides is 4. The molecule has 5 saturated heterocycles. The summed E-state index contributed by atoms with van der Waals surface area (Å²) in [6.07, 6.45) is 17.5. The Balaban J connectivity index is 0.000000323. The zero-order valence-electron chi connectivity index (χ0n) is 79.5. The van der Waals surface area contributed by atoms with Gasteiger partial charge in [-0.25, -0.2) is 27.6 Å². The molecule has 38 heteroatoms. The van der Waals surface area contributed by atoms with Crippen LogP contribution in [-0.4, -0.2) is 213 Å². The quantitative estimate of drug-likeness (QED) is 0.0304. The maximum absolute atomic E-state index is 12.2. The minimum absolute atomic E-state index is 0. The number of nitrogens with one attached hydrogen (secondary N) is 1. The predicted molar refractivity (Wildman–Crippen MR) is 540 cm³/mol. The fraction of sp³-hybridized carbons (Fsp3) is 0.473. The van der Waals surface area contributed by atoms with E-state index in [1.54, 1.807) is 25.8 Å². The number of aromatic amines is 1. The van der Waals surface area contributed by atoms with Crippen LogP contribution in [0.5, 0.6) is 0 Å². The van der Waals surface area contributed by atoms with Gasteiger partial charge in [0.15, 0.2) is 0 Å². The van der Waals surface area contributed by atoms with Crippen molar-refractivity contribution in [3.05, 3.63) is 226 Å². The standard InChI is InChI=1S/C19H32BN3O4.2C18H15P.C13H20IN3O2.C11H21NO5S.C10H19NO3.C3H3IN2.CH3ClO2S.2ClH.Na.Pd.H/c1-17(2,3)25-16(24)22-10-8-15(9-11-22)23-13-14(12-21-23)20-26-18(4,5)19(6,7)27-20;2*1-4-10-16(11-5-1)19(17-12-6-2-7-13-17)18-14-8-3-9-15-18;1-13(2,3)19-12(18)16-6-4-11(5-7-16)17-9-10(14)8-15-17;1-11(2,3)16-10(13)12-7-5-9(6-8-12)17-18(4,14)15;1-10(2,3)14-9(13)11-6-4-8(12)5-7-11;4-3-1-5-6-2-3;1-5(2,3)4;;;;;/h12-13,15H,8-11H2,1-7H3;2*1-15H;8-9,11H,4-7H2,1-3H3;9H,5-8H2,1-4H3;8,12H,4-7H2,1-3H3;1-2H,(H,5,6);1H3;2*1H;;;/q;;;;;;;;;;+1;+2;-1/p-2. The average Bonchev–Trinajstić information content (AvgIpc) is 1.62. The van der Waals surface area contributed by atoms with Gasteiger partial charge >= 0.3 is 96.0 Å². The number of benzene rings is 6. The van der Waals surface area contributed by atoms with E-state index >= 15 is 0 Å². The number of aromatic nitrogens is 6. The molecule has 0 spiro atoms. The van der Waals surface area contributed by atoms with Crippen LogP contribution in [0.2, 0.25) is 0 Å². The van der Waals surface area contributed by atoms with E-state index in [2.05, 4.69) is 258 Å². The second-order valence-electron chi connectivity index (χ2n) is 35.9. The monoisotopic (exact) mass is 2270 g/mol. The first-order chi connectivity index (χ1) is 60.9. The number of hydrogen-bond acceptors (Lipinski definition) is 19. The molecule has 0 aliphatic carbocycles. The molecule has 4 amide bonds. The summed E-state index contributed by atoms with van der Waals surface area (Å²) in [5, 5.41) is 32.9. The number of hydrogen-bond donors (Lipinski definition) is 2. The number of piperidine rings is 4. The van der Waals surface area contributed by atoms with E-state index in [1.165, 1.54) is 31.8 Å². The van der Waals surface area contributed by atoms with Gasteiger partial charge < -0.3 is 54.4 Å². The van der Waals surface area contributed by atoms with Gasteiger partial charge in [0, 0.05) is 93.3 Å². The molecular formula is C93H129BCl3I2N10NaO16P2PdS2. The van der Waals surface area contributed by atoms with Crippen LogP contribution in [0.3, 0.4) is 0 Å². The van der Waals surface area contributed by atoms with Crippen LogP contribution >= 0.6 is 90.8 Å². The molecule has 131 heavy (non-hydrogen) atoms. The third kappa shape index (κ3) is 45.2. The van der Waals surface area contributed by atoms with Gasteiger partial charge in [0.2, 0.25) is 9.05 Å². The van der Waals surface area contributed by atoms with Gasteiger partial charge in [-0.1, -0.05) is 182 Å². The molecule has 5 aliphatic rings. The van der Waals surface area contributed by atoms with Crippen molar-refractivity contribution in [1.29, 1.82) is 0 Å². The fourth-order valence-corrected chi connectivity index (χ4v) is 19.1. The normalized spacial score (nSPS) is 16.0. The number of carbonyl (C=O) groups is 4. The molecule has 6 aromatic carbocycles. The van der Waals surface area contributed by atoms with E-state index in [1.807, 2.05) is 151 Å². The molecule has 5 aliphatic heterocycles. The van der Waals surface area contributed by atoms with E-state index in [-0.39, 0.29) is 101 Å². The Hall–Kier alpha value is -5.31. The maximum atomic E-state index is 12.2. The fourth-order valence-electron chi connectivity index (χ4n) is 13.1. The third-order valence-corrected chi connectivity index (χ3v) is 26.4. The first-order valence-electron chi connectivity index (χ1n) is 42.7. The van der Waals surface area contributed by atoms with Crippen molar-refractivity contribution in [2.45, 2.75) is 220 Å². The van der Waals surface area contributed by atoms with Gasteiger partial charge in [0.1, 0.15) is 22.4 Å². The number of ether oxygens (including phenoxy) is 4. The summed E-state index contributed by atoms with van der Waals surface area (Å²) in [5.41, 5.74) is -1.63. The van der Waals surface area contributed by atoms with E-state index in [4.69, 9.17) is 51.5 Å². The Morgan fingerprint density at radius 1 is 0.466 bits per heavy atom. The number of aliphatic hydroxyl groups excluding tert-OH is 1. The van der Waals surface area contributed by atoms with Crippen LogP contribution in [0.15, 0.2) is 219 Å². The summed E-state index contributed by atoms with van der Waals surface area (Å²) in [4.78, 5) is 54.2. The number of carbonyl (C=O) groups excluding carboxylic acids is 4. The van der Waals surface area contributed by atoms with Gasteiger partial charge in [0.05, 0.1) is 67.5 Å². The van der Waals surface area contributed by atoms with Crippen LogP contribution in [0, 0.1) is 7.14 Å². The van der Waals surface area contributed by atoms with Gasteiger partial charge in [-0.15, -0.1) is 0 Å². The zero-order chi connectivity index (χ0) is 96.3. The van der Waals surface area contributed by atoms with E-state index in [0.717, 1.165) is 63.9 Å². The molecule has 0 unspecified atom stereocenters. The van der Waals surface area contributed by atoms with E-state index in [0.29, 0.717) is 71.0 Å². The summed E-state index contributed by atoms with van der Waals surface area (Å²) >= 11 is 4.33. The Morgan fingerprint density at radius 2 is 0.725 bits per heavy atom. The number of likely N-dealkylation sites (tertiary alicyclic amines) is 4. The van der Waals surface area contributed by atoms with Crippen molar-refractivity contribution < 1.29 is 120 Å². The van der Waals surface area contributed by atoms with Crippen molar-refractivity contribution in [2.75, 3.05) is 64.9 Å². The maximum Gasteiger partial charge on any atom is 1.00 e. The van der Waals surface area contributed by atoms with Crippen LogP contribution in [0.1, 0.15) is 176 Å². The minimum atomic E-state index is -3.42. The molecule has 0 saturated carbocycles. The van der Waals surface area contributed by atoms with Crippen molar-refractivity contribution in [2.24, 2.45) is 0 Å². The molecule has 8 heterocycles. The van der Waals surface area contributed by atoms with Gasteiger partial charge in [-0.3, -0.25) is 18.6 Å². The number of rotatable bonds is 11. The summed E-state index contributed by atoms with van der Waals surface area (Å²) < 4.78 is 85.4. The van der Waals surface area contributed by atoms with Crippen molar-refractivity contribution in [3.8, 4) is 0 Å². The molecule has 9 aromatic rings. The summed E-state index contributed by atoms with van der Waals surface area (Å²) in [6, 6.07) is 65.3. The molecule has 26 nitrogen and oxygen atoms in total. The summed E-state index contributed by atoms with van der Waals surface area (Å²) in [6.45, 7) is 35.4. The average molecular weight is 2270 g/mol. The first kappa shape index (κ1) is 116. The zero-order valence-corrected chi connectivity index (χ0v) is 92.1. The van der Waals surface area contributed by atoms with Crippen molar-refractivity contribution >= 4 is 179 Å². The molecule has 0 radical (unpaired) electrons. The Kier molecular flexibility index (Phi) is 49.6.